The number of nitrogens with one attached hydrogen (secondary N) is 2. The maximum atomic E-state index is 4.75. The van der Waals surface area contributed by atoms with Crippen LogP contribution in [0.3, 0.4) is 0 Å². The van der Waals surface area contributed by atoms with E-state index in [0.717, 1.165) is 36.0 Å². The number of aromatic nitrogens is 3. The van der Waals surface area contributed by atoms with Gasteiger partial charge in [-0.25, -0.2) is 9.98 Å². The lowest BCUT2D eigenvalue weighted by atomic mass is 10.1. The van der Waals surface area contributed by atoms with Crippen LogP contribution >= 0.6 is 35.3 Å². The predicted molar refractivity (Wildman–Crippen MR) is 116 cm³/mol. The van der Waals surface area contributed by atoms with Gasteiger partial charge >= 0.3 is 0 Å². The van der Waals surface area contributed by atoms with E-state index in [2.05, 4.69) is 48.4 Å². The predicted octanol–water partition coefficient (Wildman–Crippen LogP) is 3.18. The van der Waals surface area contributed by atoms with E-state index in [9.17, 15) is 0 Å². The average Bonchev–Trinajstić information content (AvgIpc) is 3.12. The maximum Gasteiger partial charge on any atom is 0.191 e. The van der Waals surface area contributed by atoms with Crippen LogP contribution in [0.25, 0.3) is 0 Å². The molecule has 0 atom stereocenters. The molecule has 0 radical (unpaired) electrons. The molecule has 2 aromatic rings. The van der Waals surface area contributed by atoms with Crippen LogP contribution in [0, 0.1) is 6.92 Å². The van der Waals surface area contributed by atoms with Crippen molar-refractivity contribution < 1.29 is 0 Å². The zero-order valence-corrected chi connectivity index (χ0v) is 18.9. The molecular weight excluding hydrogens is 447 g/mol. The normalized spacial score (nSPS) is 11.3. The van der Waals surface area contributed by atoms with Gasteiger partial charge in [-0.05, 0) is 26.7 Å². The van der Waals surface area contributed by atoms with E-state index >= 15 is 0 Å². The number of rotatable bonds is 7. The van der Waals surface area contributed by atoms with Crippen LogP contribution < -0.4 is 10.6 Å². The highest BCUT2D eigenvalue weighted by Crippen LogP contribution is 2.16. The summed E-state index contributed by atoms with van der Waals surface area (Å²) in [5.74, 6) is 0.818. The topological polar surface area (TPSA) is 67.1 Å². The molecule has 0 aliphatic heterocycles. The summed E-state index contributed by atoms with van der Waals surface area (Å²) in [5, 5.41) is 12.4. The fourth-order valence-electron chi connectivity index (χ4n) is 2.71. The van der Waals surface area contributed by atoms with E-state index in [0.29, 0.717) is 13.1 Å². The first kappa shape index (κ1) is 21.9. The fraction of sp³-hybridized carbons (Fsp3) is 0.588. The molecule has 2 heterocycles. The Morgan fingerprint density at radius 1 is 1.24 bits per heavy atom. The van der Waals surface area contributed by atoms with E-state index in [1.807, 2.05) is 17.9 Å². The molecule has 2 N–H and O–H groups in total. The van der Waals surface area contributed by atoms with Crippen molar-refractivity contribution >= 4 is 41.3 Å². The Hall–Kier alpha value is -1.16. The van der Waals surface area contributed by atoms with Crippen molar-refractivity contribution in [1.82, 2.24) is 25.4 Å². The van der Waals surface area contributed by atoms with Crippen molar-refractivity contribution in [3.05, 3.63) is 33.0 Å². The average molecular weight is 476 g/mol. The Labute approximate surface area is 171 Å². The van der Waals surface area contributed by atoms with Gasteiger partial charge in [0.05, 0.1) is 18.8 Å². The molecule has 2 aromatic heterocycles. The van der Waals surface area contributed by atoms with Crippen LogP contribution in [-0.4, -0.2) is 27.3 Å². The largest absolute Gasteiger partial charge is 0.357 e. The Morgan fingerprint density at radius 2 is 2.00 bits per heavy atom. The monoisotopic (exact) mass is 476 g/mol. The summed E-state index contributed by atoms with van der Waals surface area (Å²) in [6.07, 6.45) is 3.81. The van der Waals surface area contributed by atoms with Crippen LogP contribution in [0.4, 0.5) is 0 Å². The summed E-state index contributed by atoms with van der Waals surface area (Å²) < 4.78 is 1.99. The zero-order chi connectivity index (χ0) is 17.5. The molecule has 6 nitrogen and oxygen atoms in total. The lowest BCUT2D eigenvalue weighted by molar-refractivity contribution is 0.703. The summed E-state index contributed by atoms with van der Waals surface area (Å²) in [7, 11) is 2.01. The molecule has 0 bridgehead atoms. The number of nitrogens with zero attached hydrogens (tertiary/aromatic N) is 4. The van der Waals surface area contributed by atoms with Crippen LogP contribution in [0.5, 0.6) is 0 Å². The van der Waals surface area contributed by atoms with E-state index in [4.69, 9.17) is 4.99 Å². The summed E-state index contributed by atoms with van der Waals surface area (Å²) in [6, 6.07) is 0. The highest BCUT2D eigenvalue weighted by atomic mass is 127. The minimum Gasteiger partial charge on any atom is -0.357 e. The third-order valence-corrected chi connectivity index (χ3v) is 4.76. The molecule has 0 aromatic carbocycles. The van der Waals surface area contributed by atoms with Crippen LogP contribution in [-0.2, 0) is 33.0 Å². The van der Waals surface area contributed by atoms with Gasteiger partial charge in [-0.1, -0.05) is 13.8 Å². The van der Waals surface area contributed by atoms with Gasteiger partial charge in [-0.2, -0.15) is 5.10 Å². The summed E-state index contributed by atoms with van der Waals surface area (Å²) in [5.41, 5.74) is 3.66. The Morgan fingerprint density at radius 3 is 2.56 bits per heavy atom. The number of guanidine groups is 1. The van der Waals surface area contributed by atoms with Gasteiger partial charge in [-0.15, -0.1) is 35.3 Å². The molecule has 0 spiro atoms. The quantitative estimate of drug-likeness (QED) is 0.366. The second-order valence-corrected chi connectivity index (χ2v) is 6.94. The fourth-order valence-corrected chi connectivity index (χ4v) is 3.44. The number of hydrogen-bond acceptors (Lipinski definition) is 4. The van der Waals surface area contributed by atoms with Gasteiger partial charge in [0.1, 0.15) is 5.01 Å². The first-order chi connectivity index (χ1) is 11.6. The van der Waals surface area contributed by atoms with Crippen molar-refractivity contribution in [3.63, 3.8) is 0 Å². The number of aryl methyl sites for hydroxylation is 3. The minimum absolute atomic E-state index is 0. The molecule has 0 aliphatic carbocycles. The second kappa shape index (κ2) is 10.7. The van der Waals surface area contributed by atoms with E-state index in [1.165, 1.54) is 16.1 Å². The number of halogens is 1. The van der Waals surface area contributed by atoms with Gasteiger partial charge in [0, 0.05) is 35.9 Å². The first-order valence-corrected chi connectivity index (χ1v) is 9.37. The third-order valence-electron chi connectivity index (χ3n) is 3.84. The smallest absolute Gasteiger partial charge is 0.191 e. The van der Waals surface area contributed by atoms with E-state index in [-0.39, 0.29) is 24.0 Å². The summed E-state index contributed by atoms with van der Waals surface area (Å²) >= 11 is 1.71. The highest BCUT2D eigenvalue weighted by Gasteiger charge is 2.13. The molecule has 0 saturated heterocycles. The molecule has 0 amide bonds. The van der Waals surface area contributed by atoms with Gasteiger partial charge in [0.15, 0.2) is 5.96 Å². The van der Waals surface area contributed by atoms with Crippen molar-refractivity contribution in [2.45, 2.75) is 53.6 Å². The van der Waals surface area contributed by atoms with Gasteiger partial charge in [-0.3, -0.25) is 4.68 Å². The summed E-state index contributed by atoms with van der Waals surface area (Å²) in [4.78, 5) is 10.4. The first-order valence-electron chi connectivity index (χ1n) is 8.56. The highest BCUT2D eigenvalue weighted by molar-refractivity contribution is 14.0. The molecule has 0 saturated carbocycles. The van der Waals surface area contributed by atoms with Crippen LogP contribution in [0.2, 0.25) is 0 Å². The summed E-state index contributed by atoms with van der Waals surface area (Å²) in [6.45, 7) is 10.6. The van der Waals surface area contributed by atoms with Gasteiger partial charge in [0.2, 0.25) is 0 Å². The number of hydrogen-bond donors (Lipinski definition) is 2. The molecule has 25 heavy (non-hydrogen) atoms. The van der Waals surface area contributed by atoms with Crippen molar-refractivity contribution in [1.29, 1.82) is 0 Å². The van der Waals surface area contributed by atoms with E-state index < -0.39 is 0 Å². The van der Waals surface area contributed by atoms with Gasteiger partial charge in [0.25, 0.3) is 0 Å². The SMILES string of the molecule is CCNC(=NCc1c(CC)nn(C)c1CC)NCc1ncc(C)s1.I. The third kappa shape index (κ3) is 5.95. The molecule has 2 rings (SSSR count). The molecular formula is C17H29IN6S. The Kier molecular flexibility index (Phi) is 9.41. The molecule has 0 aliphatic rings. The lowest BCUT2D eigenvalue weighted by Gasteiger charge is -2.10. The van der Waals surface area contributed by atoms with Crippen molar-refractivity contribution in [3.8, 4) is 0 Å². The molecule has 0 unspecified atom stereocenters. The zero-order valence-electron chi connectivity index (χ0n) is 15.7. The van der Waals surface area contributed by atoms with Crippen molar-refractivity contribution in [2.24, 2.45) is 12.0 Å². The molecule has 0 fully saturated rings. The minimum atomic E-state index is 0. The van der Waals surface area contributed by atoms with E-state index in [1.54, 1.807) is 11.3 Å². The Balaban J connectivity index is 0.00000312. The molecule has 8 heteroatoms. The Bertz CT molecular complexity index is 691. The lowest BCUT2D eigenvalue weighted by Crippen LogP contribution is -2.36. The second-order valence-electron chi connectivity index (χ2n) is 5.62. The maximum absolute atomic E-state index is 4.75. The standard InChI is InChI=1S/C17H28N6S.HI/c1-6-14-13(15(7-2)23(5)22-14)10-20-17(18-8-3)21-11-16-19-9-12(4)24-16;/h9H,6-8,10-11H2,1-5H3,(H2,18,20,21);1H. The van der Waals surface area contributed by atoms with Crippen LogP contribution in [0.15, 0.2) is 11.2 Å². The number of aliphatic imine (C=N–C) groups is 1. The number of thiazole rings is 1. The van der Waals surface area contributed by atoms with Crippen molar-refractivity contribution in [2.75, 3.05) is 6.54 Å². The molecule has 140 valence electrons. The van der Waals surface area contributed by atoms with Gasteiger partial charge < -0.3 is 10.6 Å². The van der Waals surface area contributed by atoms with Crippen LogP contribution in [0.1, 0.15) is 47.6 Å².